The second kappa shape index (κ2) is 4.40. The number of rotatable bonds is 2. The lowest BCUT2D eigenvalue weighted by Gasteiger charge is -2.45. The van der Waals surface area contributed by atoms with Gasteiger partial charge in [-0.1, -0.05) is 25.1 Å². The number of carbonyl (C=O) groups is 1. The van der Waals surface area contributed by atoms with Crippen molar-refractivity contribution in [1.82, 2.24) is 15.0 Å². The number of hydrogen-bond acceptors (Lipinski definition) is 4. The van der Waals surface area contributed by atoms with Gasteiger partial charge in [-0.25, -0.2) is 4.39 Å². The molecule has 0 atom stereocenters. The van der Waals surface area contributed by atoms with Crippen molar-refractivity contribution in [3.63, 3.8) is 0 Å². The third kappa shape index (κ3) is 2.29. The quantitative estimate of drug-likeness (QED) is 0.844. The Labute approximate surface area is 115 Å². The predicted octanol–water partition coefficient (Wildman–Crippen LogP) is 2.36. The van der Waals surface area contributed by atoms with Crippen molar-refractivity contribution in [3.8, 4) is 11.5 Å². The Kier molecular flexibility index (Phi) is 2.81. The SMILES string of the molecule is CC1(C)CN(C(=O)c2noc(-c3cccc(F)c3)n2)C1. The zero-order chi connectivity index (χ0) is 14.3. The normalized spacial score (nSPS) is 16.9. The minimum atomic E-state index is -0.391. The average Bonchev–Trinajstić information content (AvgIpc) is 2.84. The van der Waals surface area contributed by atoms with E-state index in [-0.39, 0.29) is 23.0 Å². The molecule has 0 radical (unpaired) electrons. The molecular weight excluding hydrogens is 261 g/mol. The van der Waals surface area contributed by atoms with Gasteiger partial charge in [-0.2, -0.15) is 4.98 Å². The number of aromatic nitrogens is 2. The third-order valence-electron chi connectivity index (χ3n) is 3.21. The Balaban J connectivity index is 1.79. The van der Waals surface area contributed by atoms with Crippen molar-refractivity contribution >= 4 is 5.91 Å². The van der Waals surface area contributed by atoms with E-state index in [0.29, 0.717) is 18.7 Å². The highest BCUT2D eigenvalue weighted by Crippen LogP contribution is 2.29. The van der Waals surface area contributed by atoms with Gasteiger partial charge in [0, 0.05) is 18.7 Å². The molecule has 6 heteroatoms. The van der Waals surface area contributed by atoms with Gasteiger partial charge in [-0.15, -0.1) is 0 Å². The van der Waals surface area contributed by atoms with E-state index in [1.54, 1.807) is 17.0 Å². The van der Waals surface area contributed by atoms with E-state index in [1.165, 1.54) is 12.1 Å². The molecule has 104 valence electrons. The van der Waals surface area contributed by atoms with Gasteiger partial charge in [-0.3, -0.25) is 4.79 Å². The monoisotopic (exact) mass is 275 g/mol. The summed E-state index contributed by atoms with van der Waals surface area (Å²) in [5.41, 5.74) is 0.602. The van der Waals surface area contributed by atoms with Gasteiger partial charge in [0.25, 0.3) is 17.6 Å². The molecule has 0 aliphatic carbocycles. The van der Waals surface area contributed by atoms with Crippen LogP contribution in [-0.4, -0.2) is 34.0 Å². The van der Waals surface area contributed by atoms with Crippen LogP contribution in [-0.2, 0) is 0 Å². The molecule has 5 nitrogen and oxygen atoms in total. The fourth-order valence-corrected chi connectivity index (χ4v) is 2.32. The van der Waals surface area contributed by atoms with Crippen LogP contribution in [0.2, 0.25) is 0 Å². The summed E-state index contributed by atoms with van der Waals surface area (Å²) < 4.78 is 18.2. The van der Waals surface area contributed by atoms with E-state index >= 15 is 0 Å². The van der Waals surface area contributed by atoms with Crippen LogP contribution in [0.1, 0.15) is 24.5 Å². The molecule has 2 heterocycles. The number of benzene rings is 1. The van der Waals surface area contributed by atoms with Crippen molar-refractivity contribution in [2.45, 2.75) is 13.8 Å². The molecule has 1 aliphatic rings. The van der Waals surface area contributed by atoms with Gasteiger partial charge >= 0.3 is 0 Å². The highest BCUT2D eigenvalue weighted by atomic mass is 19.1. The fraction of sp³-hybridized carbons (Fsp3) is 0.357. The standard InChI is InChI=1S/C14H14FN3O2/c1-14(2)7-18(8-14)13(19)11-16-12(20-17-11)9-4-3-5-10(15)6-9/h3-6H,7-8H2,1-2H3. The number of carbonyl (C=O) groups excluding carboxylic acids is 1. The summed E-state index contributed by atoms with van der Waals surface area (Å²) in [6, 6.07) is 5.81. The first-order valence-electron chi connectivity index (χ1n) is 6.34. The smallest absolute Gasteiger partial charge is 0.295 e. The van der Waals surface area contributed by atoms with E-state index in [0.717, 1.165) is 0 Å². The van der Waals surface area contributed by atoms with Crippen molar-refractivity contribution in [2.24, 2.45) is 5.41 Å². The van der Waals surface area contributed by atoms with Gasteiger partial charge < -0.3 is 9.42 Å². The summed E-state index contributed by atoms with van der Waals surface area (Å²) in [5, 5.41) is 3.67. The highest BCUT2D eigenvalue weighted by molar-refractivity contribution is 5.91. The topological polar surface area (TPSA) is 59.2 Å². The van der Waals surface area contributed by atoms with Gasteiger partial charge in [0.1, 0.15) is 5.82 Å². The van der Waals surface area contributed by atoms with Crippen molar-refractivity contribution in [2.75, 3.05) is 13.1 Å². The Hall–Kier alpha value is -2.24. The van der Waals surface area contributed by atoms with Crippen LogP contribution in [0, 0.1) is 11.2 Å². The van der Waals surface area contributed by atoms with Crippen LogP contribution >= 0.6 is 0 Å². The van der Waals surface area contributed by atoms with Crippen LogP contribution in [0.4, 0.5) is 4.39 Å². The Morgan fingerprint density at radius 1 is 1.40 bits per heavy atom. The van der Waals surface area contributed by atoms with E-state index in [9.17, 15) is 9.18 Å². The first-order chi connectivity index (χ1) is 9.44. The lowest BCUT2D eigenvalue weighted by molar-refractivity contribution is 0.0222. The number of nitrogens with zero attached hydrogens (tertiary/aromatic N) is 3. The minimum absolute atomic E-state index is 0.0137. The molecule has 0 unspecified atom stereocenters. The number of amides is 1. The third-order valence-corrected chi connectivity index (χ3v) is 3.21. The molecule has 1 amide bonds. The summed E-state index contributed by atoms with van der Waals surface area (Å²) in [6.45, 7) is 5.53. The molecule has 0 saturated carbocycles. The Morgan fingerprint density at radius 3 is 2.80 bits per heavy atom. The van der Waals surface area contributed by atoms with Gasteiger partial charge in [-0.05, 0) is 23.6 Å². The molecular formula is C14H14FN3O2. The summed E-state index contributed by atoms with van der Waals surface area (Å²) in [4.78, 5) is 17.8. The maximum absolute atomic E-state index is 13.1. The minimum Gasteiger partial charge on any atom is -0.335 e. The molecule has 0 spiro atoms. The van der Waals surface area contributed by atoms with Crippen LogP contribution in [0.25, 0.3) is 11.5 Å². The van der Waals surface area contributed by atoms with Crippen LogP contribution in [0.5, 0.6) is 0 Å². The first-order valence-corrected chi connectivity index (χ1v) is 6.34. The van der Waals surface area contributed by atoms with Crippen molar-refractivity contribution in [1.29, 1.82) is 0 Å². The van der Waals surface area contributed by atoms with Crippen LogP contribution in [0.3, 0.4) is 0 Å². The van der Waals surface area contributed by atoms with Crippen LogP contribution in [0.15, 0.2) is 28.8 Å². The lowest BCUT2D eigenvalue weighted by atomic mass is 9.84. The molecule has 3 rings (SSSR count). The van der Waals surface area contributed by atoms with Crippen molar-refractivity contribution in [3.05, 3.63) is 35.9 Å². The molecule has 1 aliphatic heterocycles. The maximum Gasteiger partial charge on any atom is 0.295 e. The number of likely N-dealkylation sites (tertiary alicyclic amines) is 1. The second-order valence-electron chi connectivity index (χ2n) is 5.76. The van der Waals surface area contributed by atoms with Crippen LogP contribution < -0.4 is 0 Å². The summed E-state index contributed by atoms with van der Waals surface area (Å²) in [6.07, 6.45) is 0. The summed E-state index contributed by atoms with van der Waals surface area (Å²) >= 11 is 0. The maximum atomic E-state index is 13.1. The Bertz CT molecular complexity index is 658. The molecule has 0 bridgehead atoms. The lowest BCUT2D eigenvalue weighted by Crippen LogP contribution is -2.55. The molecule has 1 aromatic heterocycles. The average molecular weight is 275 g/mol. The molecule has 20 heavy (non-hydrogen) atoms. The van der Waals surface area contributed by atoms with Crippen molar-refractivity contribution < 1.29 is 13.7 Å². The molecule has 1 fully saturated rings. The highest BCUT2D eigenvalue weighted by Gasteiger charge is 2.39. The summed E-state index contributed by atoms with van der Waals surface area (Å²) in [7, 11) is 0. The molecule has 1 saturated heterocycles. The van der Waals surface area contributed by atoms with E-state index in [4.69, 9.17) is 4.52 Å². The molecule has 2 aromatic rings. The van der Waals surface area contributed by atoms with E-state index in [1.807, 2.05) is 0 Å². The Morgan fingerprint density at radius 2 is 2.15 bits per heavy atom. The summed E-state index contributed by atoms with van der Waals surface area (Å²) in [5.74, 6) is -0.485. The van der Waals surface area contributed by atoms with Gasteiger partial charge in [0.15, 0.2) is 0 Å². The zero-order valence-corrected chi connectivity index (χ0v) is 11.3. The zero-order valence-electron chi connectivity index (χ0n) is 11.3. The predicted molar refractivity (Wildman–Crippen MR) is 69.4 cm³/mol. The number of hydrogen-bond donors (Lipinski definition) is 0. The fourth-order valence-electron chi connectivity index (χ4n) is 2.32. The van der Waals surface area contributed by atoms with E-state index < -0.39 is 5.82 Å². The van der Waals surface area contributed by atoms with E-state index in [2.05, 4.69) is 24.0 Å². The van der Waals surface area contributed by atoms with Gasteiger partial charge in [0.2, 0.25) is 0 Å². The second-order valence-corrected chi connectivity index (χ2v) is 5.76. The molecule has 1 aromatic carbocycles. The largest absolute Gasteiger partial charge is 0.335 e. The molecule has 0 N–H and O–H groups in total. The first kappa shape index (κ1) is 12.8. The van der Waals surface area contributed by atoms with Gasteiger partial charge in [0.05, 0.1) is 0 Å². The number of halogens is 1.